The molecule has 2 heterocycles. The van der Waals surface area contributed by atoms with Crippen LogP contribution in [0.3, 0.4) is 0 Å². The van der Waals surface area contributed by atoms with Crippen LogP contribution in [0.4, 0.5) is 0 Å². The van der Waals surface area contributed by atoms with Crippen molar-refractivity contribution in [1.82, 2.24) is 20.3 Å². The number of oxazole rings is 1. The first-order valence-corrected chi connectivity index (χ1v) is 10.5. The Hall–Kier alpha value is -3.58. The van der Waals surface area contributed by atoms with Crippen molar-refractivity contribution in [3.05, 3.63) is 89.7 Å². The fourth-order valence-electron chi connectivity index (χ4n) is 3.27. The highest BCUT2D eigenvalue weighted by Crippen LogP contribution is 2.27. The van der Waals surface area contributed by atoms with Gasteiger partial charge in [0.2, 0.25) is 0 Å². The summed E-state index contributed by atoms with van der Waals surface area (Å²) < 4.78 is 5.76. The molecule has 0 aliphatic carbocycles. The summed E-state index contributed by atoms with van der Waals surface area (Å²) in [6, 6.07) is 23.0. The summed E-state index contributed by atoms with van der Waals surface area (Å²) >= 11 is 1.47. The molecule has 5 aromatic rings. The Morgan fingerprint density at radius 1 is 0.933 bits per heavy atom. The molecule has 0 spiro atoms. The first kappa shape index (κ1) is 18.4. The van der Waals surface area contributed by atoms with Crippen LogP contribution in [0.5, 0.6) is 0 Å². The molecule has 30 heavy (non-hydrogen) atoms. The Morgan fingerprint density at radius 2 is 1.70 bits per heavy atom. The Kier molecular flexibility index (Phi) is 4.94. The van der Waals surface area contributed by atoms with Crippen molar-refractivity contribution in [2.24, 2.45) is 0 Å². The summed E-state index contributed by atoms with van der Waals surface area (Å²) in [5.41, 5.74) is 4.99. The van der Waals surface area contributed by atoms with Crippen molar-refractivity contribution in [2.45, 2.75) is 17.5 Å². The molecule has 0 unspecified atom stereocenters. The number of H-pyrrole nitrogens is 1. The third-order valence-corrected chi connectivity index (χ3v) is 5.62. The van der Waals surface area contributed by atoms with Gasteiger partial charge in [-0.05, 0) is 35.9 Å². The van der Waals surface area contributed by atoms with Crippen LogP contribution in [0, 0.1) is 0 Å². The largest absolute Gasteiger partial charge is 0.431 e. The monoisotopic (exact) mass is 414 g/mol. The SMILES string of the molecule is O=C(NCc1nc2ccccc2[nH]1)c1ccccc1CSc1nc2ccccc2o1. The second-order valence-electron chi connectivity index (χ2n) is 6.78. The Labute approximate surface area is 176 Å². The Bertz CT molecular complexity index is 1280. The standard InChI is InChI=1S/C23H18N4O2S/c28-22(24-13-21-25-17-9-3-4-10-18(17)26-21)16-8-2-1-7-15(16)14-30-23-27-19-11-5-6-12-20(19)29-23/h1-12H,13-14H2,(H,24,28)(H,25,26). The van der Waals surface area contributed by atoms with Crippen molar-refractivity contribution in [2.75, 3.05) is 0 Å². The van der Waals surface area contributed by atoms with Gasteiger partial charge in [0.1, 0.15) is 11.3 Å². The van der Waals surface area contributed by atoms with Gasteiger partial charge >= 0.3 is 0 Å². The zero-order valence-corrected chi connectivity index (χ0v) is 16.8. The number of rotatable bonds is 6. The zero-order chi connectivity index (χ0) is 20.3. The number of carbonyl (C=O) groups is 1. The van der Waals surface area contributed by atoms with E-state index in [1.54, 1.807) is 0 Å². The fraction of sp³-hybridized carbons (Fsp3) is 0.0870. The number of nitrogens with one attached hydrogen (secondary N) is 2. The first-order valence-electron chi connectivity index (χ1n) is 9.54. The zero-order valence-electron chi connectivity index (χ0n) is 16.0. The number of aromatic amines is 1. The van der Waals surface area contributed by atoms with Crippen molar-refractivity contribution in [1.29, 1.82) is 0 Å². The summed E-state index contributed by atoms with van der Waals surface area (Å²) in [6.07, 6.45) is 0. The number of hydrogen-bond acceptors (Lipinski definition) is 5. The molecule has 6 nitrogen and oxygen atoms in total. The van der Waals surface area contributed by atoms with Gasteiger partial charge in [-0.3, -0.25) is 4.79 Å². The molecule has 0 fully saturated rings. The van der Waals surface area contributed by atoms with Gasteiger partial charge in [0.25, 0.3) is 11.1 Å². The first-order chi connectivity index (χ1) is 14.8. The molecular formula is C23H18N4O2S. The summed E-state index contributed by atoms with van der Waals surface area (Å²) in [6.45, 7) is 0.333. The summed E-state index contributed by atoms with van der Waals surface area (Å²) in [7, 11) is 0. The van der Waals surface area contributed by atoms with E-state index in [1.807, 2.05) is 72.8 Å². The van der Waals surface area contributed by atoms with E-state index >= 15 is 0 Å². The Balaban J connectivity index is 1.27. The number of benzene rings is 3. The van der Waals surface area contributed by atoms with Gasteiger partial charge in [0.15, 0.2) is 5.58 Å². The number of carbonyl (C=O) groups excluding carboxylic acids is 1. The van der Waals surface area contributed by atoms with E-state index in [4.69, 9.17) is 4.42 Å². The van der Waals surface area contributed by atoms with E-state index in [-0.39, 0.29) is 5.91 Å². The van der Waals surface area contributed by atoms with Gasteiger partial charge in [0.05, 0.1) is 17.6 Å². The molecule has 2 N–H and O–H groups in total. The van der Waals surface area contributed by atoms with E-state index in [0.717, 1.165) is 33.5 Å². The average Bonchev–Trinajstić information content (AvgIpc) is 3.39. The predicted octanol–water partition coefficient (Wildman–Crippen LogP) is 4.93. The molecular weight excluding hydrogens is 396 g/mol. The van der Waals surface area contributed by atoms with Gasteiger partial charge < -0.3 is 14.7 Å². The fourth-order valence-corrected chi connectivity index (χ4v) is 4.11. The number of hydrogen-bond donors (Lipinski definition) is 2. The second-order valence-corrected chi connectivity index (χ2v) is 7.70. The maximum Gasteiger partial charge on any atom is 0.257 e. The molecule has 0 aliphatic heterocycles. The lowest BCUT2D eigenvalue weighted by Gasteiger charge is -2.08. The molecule has 7 heteroatoms. The van der Waals surface area contributed by atoms with E-state index in [2.05, 4.69) is 20.3 Å². The van der Waals surface area contributed by atoms with Crippen molar-refractivity contribution >= 4 is 39.8 Å². The number of amides is 1. The van der Waals surface area contributed by atoms with Crippen LogP contribution in [0.15, 0.2) is 82.4 Å². The van der Waals surface area contributed by atoms with E-state index in [1.165, 1.54) is 11.8 Å². The molecule has 2 aromatic heterocycles. The maximum atomic E-state index is 12.8. The highest BCUT2D eigenvalue weighted by molar-refractivity contribution is 7.98. The molecule has 0 saturated heterocycles. The third-order valence-electron chi connectivity index (χ3n) is 4.74. The minimum atomic E-state index is -0.135. The number of para-hydroxylation sites is 4. The minimum absolute atomic E-state index is 0.135. The topological polar surface area (TPSA) is 83.8 Å². The van der Waals surface area contributed by atoms with Gasteiger partial charge in [-0.25, -0.2) is 9.97 Å². The summed E-state index contributed by atoms with van der Waals surface area (Å²) in [5.74, 6) is 1.17. The van der Waals surface area contributed by atoms with E-state index < -0.39 is 0 Å². The molecule has 3 aromatic carbocycles. The molecule has 148 valence electrons. The smallest absolute Gasteiger partial charge is 0.257 e. The van der Waals surface area contributed by atoms with Crippen molar-refractivity contribution < 1.29 is 9.21 Å². The normalized spacial score (nSPS) is 11.2. The summed E-state index contributed by atoms with van der Waals surface area (Å²) in [5, 5.41) is 3.55. The van der Waals surface area contributed by atoms with Crippen LogP contribution >= 0.6 is 11.8 Å². The average molecular weight is 414 g/mol. The van der Waals surface area contributed by atoms with Gasteiger partial charge in [-0.2, -0.15) is 0 Å². The molecule has 0 saturated carbocycles. The van der Waals surface area contributed by atoms with Crippen molar-refractivity contribution in [3.63, 3.8) is 0 Å². The molecule has 1 amide bonds. The van der Waals surface area contributed by atoms with Crippen LogP contribution in [0.2, 0.25) is 0 Å². The van der Waals surface area contributed by atoms with Gasteiger partial charge in [-0.15, -0.1) is 0 Å². The number of imidazole rings is 1. The third kappa shape index (κ3) is 3.79. The highest BCUT2D eigenvalue weighted by atomic mass is 32.2. The number of nitrogens with zero attached hydrogens (tertiary/aromatic N) is 2. The lowest BCUT2D eigenvalue weighted by Crippen LogP contribution is -2.24. The van der Waals surface area contributed by atoms with Crippen LogP contribution in [-0.4, -0.2) is 20.9 Å². The number of fused-ring (bicyclic) bond motifs is 2. The van der Waals surface area contributed by atoms with Crippen LogP contribution in [-0.2, 0) is 12.3 Å². The molecule has 5 rings (SSSR count). The highest BCUT2D eigenvalue weighted by Gasteiger charge is 2.13. The lowest BCUT2D eigenvalue weighted by atomic mass is 10.1. The maximum absolute atomic E-state index is 12.8. The quantitative estimate of drug-likeness (QED) is 0.385. The molecule has 0 aliphatic rings. The number of thioether (sulfide) groups is 1. The molecule has 0 atom stereocenters. The van der Waals surface area contributed by atoms with Crippen LogP contribution < -0.4 is 5.32 Å². The minimum Gasteiger partial charge on any atom is -0.431 e. The predicted molar refractivity (Wildman–Crippen MR) is 117 cm³/mol. The van der Waals surface area contributed by atoms with E-state index in [9.17, 15) is 4.79 Å². The van der Waals surface area contributed by atoms with Crippen LogP contribution in [0.1, 0.15) is 21.7 Å². The lowest BCUT2D eigenvalue weighted by molar-refractivity contribution is 0.0949. The van der Waals surface area contributed by atoms with Gasteiger partial charge in [0, 0.05) is 11.3 Å². The van der Waals surface area contributed by atoms with Crippen LogP contribution in [0.25, 0.3) is 22.1 Å². The second kappa shape index (κ2) is 8.04. The van der Waals surface area contributed by atoms with Crippen molar-refractivity contribution in [3.8, 4) is 0 Å². The summed E-state index contributed by atoms with van der Waals surface area (Å²) in [4.78, 5) is 25.0. The van der Waals surface area contributed by atoms with Gasteiger partial charge in [-0.1, -0.05) is 54.2 Å². The number of aromatic nitrogens is 3. The Morgan fingerprint density at radius 3 is 2.57 bits per heavy atom. The van der Waals surface area contributed by atoms with E-state index in [0.29, 0.717) is 23.1 Å². The molecule has 0 bridgehead atoms. The molecule has 0 radical (unpaired) electrons.